The van der Waals surface area contributed by atoms with E-state index in [2.05, 4.69) is 0 Å². The zero-order chi connectivity index (χ0) is 16.7. The molecule has 0 aliphatic rings. The smallest absolute Gasteiger partial charge is 0.267 e. The van der Waals surface area contributed by atoms with Gasteiger partial charge in [-0.25, -0.2) is 5.48 Å². The van der Waals surface area contributed by atoms with Crippen molar-refractivity contribution in [3.05, 3.63) is 64.7 Å². The van der Waals surface area contributed by atoms with E-state index >= 15 is 0 Å². The summed E-state index contributed by atoms with van der Waals surface area (Å²) >= 11 is 5.84. The van der Waals surface area contributed by atoms with Crippen molar-refractivity contribution in [3.8, 4) is 11.5 Å². The second kappa shape index (κ2) is 8.22. The van der Waals surface area contributed by atoms with Crippen LogP contribution >= 0.6 is 11.6 Å². The van der Waals surface area contributed by atoms with Gasteiger partial charge in [0.15, 0.2) is 0 Å². The van der Waals surface area contributed by atoms with Crippen LogP contribution in [0.25, 0.3) is 6.08 Å². The molecule has 1 amide bonds. The molecule has 120 valence electrons. The van der Waals surface area contributed by atoms with Crippen molar-refractivity contribution in [2.24, 2.45) is 0 Å². The highest BCUT2D eigenvalue weighted by atomic mass is 35.5. The average Bonchev–Trinajstić information content (AvgIpc) is 2.59. The summed E-state index contributed by atoms with van der Waals surface area (Å²) in [6.07, 6.45) is 2.74. The van der Waals surface area contributed by atoms with Crippen LogP contribution in [0.4, 0.5) is 0 Å². The first kappa shape index (κ1) is 16.9. The minimum atomic E-state index is -0.616. The molecule has 2 N–H and O–H groups in total. The molecule has 0 aromatic heterocycles. The number of hydroxylamine groups is 1. The van der Waals surface area contributed by atoms with Crippen LogP contribution in [0.1, 0.15) is 11.1 Å². The number of halogens is 1. The highest BCUT2D eigenvalue weighted by Gasteiger charge is 2.04. The minimum absolute atomic E-state index is 0.405. The second-order valence-electron chi connectivity index (χ2n) is 4.63. The van der Waals surface area contributed by atoms with Crippen LogP contribution in [0.3, 0.4) is 0 Å². The Labute approximate surface area is 139 Å². The fraction of sp³-hybridized carbons (Fsp3) is 0.118. The van der Waals surface area contributed by atoms with Crippen LogP contribution in [0.2, 0.25) is 5.02 Å². The number of hydrogen-bond acceptors (Lipinski definition) is 4. The van der Waals surface area contributed by atoms with Gasteiger partial charge < -0.3 is 9.47 Å². The summed E-state index contributed by atoms with van der Waals surface area (Å²) in [6, 6.07) is 12.7. The molecule has 2 aromatic rings. The van der Waals surface area contributed by atoms with Crippen LogP contribution in [0.15, 0.2) is 48.5 Å². The van der Waals surface area contributed by atoms with Crippen LogP contribution in [0.5, 0.6) is 11.5 Å². The number of methoxy groups -OCH3 is 1. The number of hydrogen-bond donors (Lipinski definition) is 2. The monoisotopic (exact) mass is 333 g/mol. The van der Waals surface area contributed by atoms with Gasteiger partial charge in [-0.15, -0.1) is 0 Å². The molecule has 6 heteroatoms. The zero-order valence-corrected chi connectivity index (χ0v) is 13.2. The normalized spacial score (nSPS) is 10.6. The number of carbonyl (C=O) groups is 1. The molecular weight excluding hydrogens is 318 g/mol. The Morgan fingerprint density at radius 1 is 1.26 bits per heavy atom. The molecule has 0 atom stereocenters. The van der Waals surface area contributed by atoms with Gasteiger partial charge in [-0.05, 0) is 35.9 Å². The molecule has 23 heavy (non-hydrogen) atoms. The lowest BCUT2D eigenvalue weighted by Crippen LogP contribution is -2.14. The Kier molecular flexibility index (Phi) is 6.02. The summed E-state index contributed by atoms with van der Waals surface area (Å²) in [5.41, 5.74) is 3.21. The Morgan fingerprint density at radius 2 is 2.00 bits per heavy atom. The van der Waals surface area contributed by atoms with E-state index in [4.69, 9.17) is 26.3 Å². The van der Waals surface area contributed by atoms with E-state index in [0.717, 1.165) is 5.56 Å². The van der Waals surface area contributed by atoms with Gasteiger partial charge in [0.25, 0.3) is 5.91 Å². The summed E-state index contributed by atoms with van der Waals surface area (Å²) in [7, 11) is 1.53. The van der Waals surface area contributed by atoms with Gasteiger partial charge in [-0.1, -0.05) is 23.7 Å². The first-order valence-electron chi connectivity index (χ1n) is 6.80. The van der Waals surface area contributed by atoms with Gasteiger partial charge in [-0.3, -0.25) is 10.0 Å². The van der Waals surface area contributed by atoms with Crippen LogP contribution < -0.4 is 15.0 Å². The van der Waals surface area contributed by atoms with Crippen molar-refractivity contribution < 1.29 is 19.5 Å². The summed E-state index contributed by atoms with van der Waals surface area (Å²) in [5, 5.41) is 9.15. The SMILES string of the molecule is COc1cc(OCc2ccc(Cl)cc2)ccc1/C=C/C(=O)NO. The third-order valence-electron chi connectivity index (χ3n) is 3.05. The van der Waals surface area contributed by atoms with Crippen LogP contribution in [-0.2, 0) is 11.4 Å². The van der Waals surface area contributed by atoms with E-state index in [1.165, 1.54) is 24.7 Å². The molecule has 0 fully saturated rings. The lowest BCUT2D eigenvalue weighted by molar-refractivity contribution is -0.124. The minimum Gasteiger partial charge on any atom is -0.496 e. The van der Waals surface area contributed by atoms with E-state index < -0.39 is 5.91 Å². The molecule has 0 radical (unpaired) electrons. The Balaban J connectivity index is 2.07. The third-order valence-corrected chi connectivity index (χ3v) is 3.30. The summed E-state index contributed by atoms with van der Waals surface area (Å²) in [4.78, 5) is 11.0. The van der Waals surface area contributed by atoms with E-state index in [1.54, 1.807) is 30.3 Å². The number of nitrogens with one attached hydrogen (secondary N) is 1. The van der Waals surface area contributed by atoms with Gasteiger partial charge in [0, 0.05) is 22.7 Å². The number of carbonyl (C=O) groups excluding carboxylic acids is 1. The molecule has 0 bridgehead atoms. The zero-order valence-electron chi connectivity index (χ0n) is 12.5. The summed E-state index contributed by atoms with van der Waals surface area (Å²) < 4.78 is 11.0. The molecule has 0 saturated carbocycles. The van der Waals surface area contributed by atoms with Crippen LogP contribution in [-0.4, -0.2) is 18.2 Å². The van der Waals surface area contributed by atoms with Crippen molar-refractivity contribution in [2.45, 2.75) is 6.61 Å². The van der Waals surface area contributed by atoms with Gasteiger partial charge >= 0.3 is 0 Å². The molecule has 0 spiro atoms. The number of rotatable bonds is 6. The maximum Gasteiger partial charge on any atom is 0.267 e. The van der Waals surface area contributed by atoms with Crippen molar-refractivity contribution in [3.63, 3.8) is 0 Å². The quantitative estimate of drug-likeness (QED) is 0.482. The Hall–Kier alpha value is -2.50. The number of ether oxygens (including phenoxy) is 2. The largest absolute Gasteiger partial charge is 0.496 e. The van der Waals surface area contributed by atoms with Gasteiger partial charge in [0.05, 0.1) is 7.11 Å². The van der Waals surface area contributed by atoms with Gasteiger partial charge in [0.2, 0.25) is 0 Å². The first-order valence-corrected chi connectivity index (χ1v) is 7.17. The van der Waals surface area contributed by atoms with Crippen molar-refractivity contribution in [1.29, 1.82) is 0 Å². The van der Waals surface area contributed by atoms with Crippen molar-refractivity contribution >= 4 is 23.6 Å². The maximum atomic E-state index is 11.0. The topological polar surface area (TPSA) is 67.8 Å². The molecule has 2 aromatic carbocycles. The lowest BCUT2D eigenvalue weighted by Gasteiger charge is -2.10. The fourth-order valence-corrected chi connectivity index (χ4v) is 1.99. The number of amides is 1. The second-order valence-corrected chi connectivity index (χ2v) is 5.06. The fourth-order valence-electron chi connectivity index (χ4n) is 1.87. The predicted octanol–water partition coefficient (Wildman–Crippen LogP) is 3.45. The maximum absolute atomic E-state index is 11.0. The molecule has 2 rings (SSSR count). The average molecular weight is 334 g/mol. The van der Waals surface area contributed by atoms with Gasteiger partial charge in [0.1, 0.15) is 18.1 Å². The molecule has 5 nitrogen and oxygen atoms in total. The highest BCUT2D eigenvalue weighted by Crippen LogP contribution is 2.26. The van der Waals surface area contributed by atoms with Crippen molar-refractivity contribution in [2.75, 3.05) is 7.11 Å². The number of benzene rings is 2. The third kappa shape index (κ3) is 5.02. The van der Waals surface area contributed by atoms with Gasteiger partial charge in [-0.2, -0.15) is 0 Å². The van der Waals surface area contributed by atoms with E-state index in [-0.39, 0.29) is 0 Å². The molecule has 0 heterocycles. The summed E-state index contributed by atoms with van der Waals surface area (Å²) in [5.74, 6) is 0.580. The van der Waals surface area contributed by atoms with E-state index in [1.807, 2.05) is 12.1 Å². The first-order chi connectivity index (χ1) is 11.1. The van der Waals surface area contributed by atoms with E-state index in [0.29, 0.717) is 28.7 Å². The van der Waals surface area contributed by atoms with E-state index in [9.17, 15) is 4.79 Å². The molecular formula is C17H16ClNO4. The Morgan fingerprint density at radius 3 is 2.65 bits per heavy atom. The Bertz CT molecular complexity index is 698. The molecule has 0 saturated heterocycles. The van der Waals surface area contributed by atoms with Crippen LogP contribution in [0, 0.1) is 0 Å². The predicted molar refractivity (Wildman–Crippen MR) is 87.7 cm³/mol. The highest BCUT2D eigenvalue weighted by molar-refractivity contribution is 6.30. The summed E-state index contributed by atoms with van der Waals surface area (Å²) in [6.45, 7) is 0.405. The molecule has 0 unspecified atom stereocenters. The lowest BCUT2D eigenvalue weighted by atomic mass is 10.1. The molecule has 0 aliphatic heterocycles. The molecule has 0 aliphatic carbocycles. The van der Waals surface area contributed by atoms with Crippen molar-refractivity contribution in [1.82, 2.24) is 5.48 Å². The standard InChI is InChI=1S/C17H16ClNO4/c1-22-16-10-15(8-4-13(16)5-9-17(20)19-21)23-11-12-2-6-14(18)7-3-12/h2-10,21H,11H2,1H3,(H,19,20)/b9-5+.